The number of carbonyl (C=O) groups excluding carboxylic acids is 2. The van der Waals surface area contributed by atoms with Crippen LogP contribution in [0, 0.1) is 11.3 Å². The molecule has 1 aromatic heterocycles. The SMILES string of the molecule is CC1(C)CC(=O)c2cc(C(=O)N3CCC(CC(=O)O)CC3)c(=O)[nH]c2C1. The van der Waals surface area contributed by atoms with Crippen LogP contribution in [0.1, 0.15) is 65.9 Å². The minimum absolute atomic E-state index is 0.00603. The maximum absolute atomic E-state index is 12.7. The van der Waals surface area contributed by atoms with Gasteiger partial charge in [-0.1, -0.05) is 13.8 Å². The molecule has 0 bridgehead atoms. The van der Waals surface area contributed by atoms with Crippen molar-refractivity contribution in [3.63, 3.8) is 0 Å². The van der Waals surface area contributed by atoms with Gasteiger partial charge in [0.05, 0.1) is 0 Å². The van der Waals surface area contributed by atoms with E-state index in [-0.39, 0.29) is 35.0 Å². The fourth-order valence-electron chi connectivity index (χ4n) is 3.94. The summed E-state index contributed by atoms with van der Waals surface area (Å²) in [6, 6.07) is 1.44. The zero-order chi connectivity index (χ0) is 19.1. The molecule has 2 N–H and O–H groups in total. The maximum atomic E-state index is 12.7. The van der Waals surface area contributed by atoms with Crippen molar-refractivity contribution in [3.8, 4) is 0 Å². The topological polar surface area (TPSA) is 108 Å². The van der Waals surface area contributed by atoms with Gasteiger partial charge in [0.25, 0.3) is 11.5 Å². The van der Waals surface area contributed by atoms with Crippen LogP contribution in [-0.4, -0.2) is 45.7 Å². The Labute approximate surface area is 151 Å². The molecule has 3 rings (SSSR count). The molecule has 0 radical (unpaired) electrons. The number of carbonyl (C=O) groups is 3. The molecule has 1 aromatic rings. The molecule has 0 saturated carbocycles. The number of nitrogens with zero attached hydrogens (tertiary/aromatic N) is 1. The number of aliphatic carboxylic acids is 1. The average Bonchev–Trinajstić information content (AvgIpc) is 2.52. The summed E-state index contributed by atoms with van der Waals surface area (Å²) in [6.07, 6.45) is 2.30. The molecule has 7 nitrogen and oxygen atoms in total. The largest absolute Gasteiger partial charge is 0.481 e. The van der Waals surface area contributed by atoms with Crippen LogP contribution in [0.2, 0.25) is 0 Å². The summed E-state index contributed by atoms with van der Waals surface area (Å²) in [5.74, 6) is -1.22. The van der Waals surface area contributed by atoms with E-state index < -0.39 is 11.5 Å². The Morgan fingerprint density at radius 2 is 1.88 bits per heavy atom. The van der Waals surface area contributed by atoms with Crippen molar-refractivity contribution in [2.45, 2.75) is 46.0 Å². The number of fused-ring (bicyclic) bond motifs is 1. The van der Waals surface area contributed by atoms with Gasteiger partial charge in [-0.25, -0.2) is 0 Å². The summed E-state index contributed by atoms with van der Waals surface area (Å²) in [5.41, 5.74) is 0.367. The van der Waals surface area contributed by atoms with Crippen LogP contribution in [0.15, 0.2) is 10.9 Å². The van der Waals surface area contributed by atoms with Crippen molar-refractivity contribution in [1.82, 2.24) is 9.88 Å². The molecule has 0 aromatic carbocycles. The van der Waals surface area contributed by atoms with Crippen LogP contribution in [0.25, 0.3) is 0 Å². The van der Waals surface area contributed by atoms with E-state index in [4.69, 9.17) is 5.11 Å². The number of rotatable bonds is 3. The van der Waals surface area contributed by atoms with E-state index >= 15 is 0 Å². The van der Waals surface area contributed by atoms with Crippen molar-refractivity contribution >= 4 is 17.7 Å². The highest BCUT2D eigenvalue weighted by Crippen LogP contribution is 2.33. The Hall–Kier alpha value is -2.44. The maximum Gasteiger partial charge on any atom is 0.303 e. The van der Waals surface area contributed by atoms with Gasteiger partial charge in [0.15, 0.2) is 5.78 Å². The molecule has 2 heterocycles. The van der Waals surface area contributed by atoms with E-state index in [0.29, 0.717) is 50.0 Å². The van der Waals surface area contributed by atoms with E-state index in [9.17, 15) is 19.2 Å². The first-order valence-electron chi connectivity index (χ1n) is 8.97. The first kappa shape index (κ1) is 18.4. The van der Waals surface area contributed by atoms with Gasteiger partial charge in [-0.15, -0.1) is 0 Å². The zero-order valence-corrected chi connectivity index (χ0v) is 15.1. The lowest BCUT2D eigenvalue weighted by atomic mass is 9.75. The number of hydrogen-bond donors (Lipinski definition) is 2. The summed E-state index contributed by atoms with van der Waals surface area (Å²) in [7, 11) is 0. The van der Waals surface area contributed by atoms with E-state index in [1.165, 1.54) is 6.07 Å². The molecule has 0 unspecified atom stereocenters. The van der Waals surface area contributed by atoms with Crippen LogP contribution in [0.4, 0.5) is 0 Å². The highest BCUT2D eigenvalue weighted by molar-refractivity contribution is 6.02. The van der Waals surface area contributed by atoms with Crippen LogP contribution in [0.3, 0.4) is 0 Å². The Balaban J connectivity index is 1.79. The van der Waals surface area contributed by atoms with Gasteiger partial charge < -0.3 is 15.0 Å². The van der Waals surface area contributed by atoms with Gasteiger partial charge in [0, 0.05) is 37.2 Å². The lowest BCUT2D eigenvalue weighted by molar-refractivity contribution is -0.138. The van der Waals surface area contributed by atoms with Crippen LogP contribution in [0.5, 0.6) is 0 Å². The summed E-state index contributed by atoms with van der Waals surface area (Å²) >= 11 is 0. The molecule has 7 heteroatoms. The number of nitrogens with one attached hydrogen (secondary N) is 1. The Morgan fingerprint density at radius 3 is 2.50 bits per heavy atom. The molecular weight excluding hydrogens is 336 g/mol. The molecule has 1 amide bonds. The molecule has 0 spiro atoms. The Kier molecular flexibility index (Phi) is 4.73. The fourth-order valence-corrected chi connectivity index (χ4v) is 3.94. The van der Waals surface area contributed by atoms with Crippen LogP contribution >= 0.6 is 0 Å². The van der Waals surface area contributed by atoms with Crippen molar-refractivity contribution in [2.75, 3.05) is 13.1 Å². The number of H-pyrrole nitrogens is 1. The van der Waals surface area contributed by atoms with Crippen molar-refractivity contribution in [2.24, 2.45) is 11.3 Å². The Bertz CT molecular complexity index is 816. The number of ketones is 1. The van der Waals surface area contributed by atoms with Gasteiger partial charge in [-0.05, 0) is 36.7 Å². The number of likely N-dealkylation sites (tertiary alicyclic amines) is 1. The predicted octanol–water partition coefficient (Wildman–Crippen LogP) is 1.86. The van der Waals surface area contributed by atoms with Crippen LogP contribution in [-0.2, 0) is 11.2 Å². The third-order valence-electron chi connectivity index (χ3n) is 5.31. The molecular formula is C19H24N2O5. The normalized spacial score (nSPS) is 19.9. The van der Waals surface area contributed by atoms with E-state index in [0.717, 1.165) is 0 Å². The zero-order valence-electron chi connectivity index (χ0n) is 15.1. The van der Waals surface area contributed by atoms with Crippen LogP contribution < -0.4 is 5.56 Å². The third-order valence-corrected chi connectivity index (χ3v) is 5.31. The minimum Gasteiger partial charge on any atom is -0.481 e. The summed E-state index contributed by atoms with van der Waals surface area (Å²) in [6.45, 7) is 4.81. The van der Waals surface area contributed by atoms with Gasteiger partial charge >= 0.3 is 5.97 Å². The highest BCUT2D eigenvalue weighted by atomic mass is 16.4. The first-order chi connectivity index (χ1) is 12.2. The number of pyridine rings is 1. The minimum atomic E-state index is -0.831. The highest BCUT2D eigenvalue weighted by Gasteiger charge is 2.33. The average molecular weight is 360 g/mol. The second kappa shape index (κ2) is 6.70. The number of hydrogen-bond acceptors (Lipinski definition) is 4. The number of aromatic nitrogens is 1. The molecule has 1 fully saturated rings. The van der Waals surface area contributed by atoms with E-state index in [1.807, 2.05) is 13.8 Å². The van der Waals surface area contributed by atoms with Gasteiger partial charge in [0.1, 0.15) is 5.56 Å². The lowest BCUT2D eigenvalue weighted by Gasteiger charge is -2.32. The number of amides is 1. The van der Waals surface area contributed by atoms with E-state index in [1.54, 1.807) is 4.90 Å². The van der Waals surface area contributed by atoms with E-state index in [2.05, 4.69) is 4.98 Å². The quantitative estimate of drug-likeness (QED) is 0.855. The number of aromatic amines is 1. The smallest absolute Gasteiger partial charge is 0.303 e. The molecule has 2 aliphatic rings. The predicted molar refractivity (Wildman–Crippen MR) is 94.4 cm³/mol. The standard InChI is InChI=1S/C19H24N2O5/c1-19(2)9-14-12(15(22)10-19)8-13(17(25)20-14)18(26)21-5-3-11(4-6-21)7-16(23)24/h8,11H,3-7,9-10H2,1-2H3,(H,20,25)(H,23,24). The number of carboxylic acids is 1. The van der Waals surface area contributed by atoms with Crippen molar-refractivity contribution in [1.29, 1.82) is 0 Å². The van der Waals surface area contributed by atoms with Gasteiger partial charge in [-0.3, -0.25) is 19.2 Å². The molecule has 26 heavy (non-hydrogen) atoms. The first-order valence-corrected chi connectivity index (χ1v) is 8.97. The van der Waals surface area contributed by atoms with Gasteiger partial charge in [-0.2, -0.15) is 0 Å². The lowest BCUT2D eigenvalue weighted by Crippen LogP contribution is -2.41. The molecule has 1 aliphatic heterocycles. The molecule has 140 valence electrons. The van der Waals surface area contributed by atoms with Crippen molar-refractivity contribution in [3.05, 3.63) is 33.2 Å². The molecule has 0 atom stereocenters. The summed E-state index contributed by atoms with van der Waals surface area (Å²) in [4.78, 5) is 52.7. The third kappa shape index (κ3) is 3.71. The second-order valence-corrected chi connectivity index (χ2v) is 8.18. The number of Topliss-reactive ketones (excluding diaryl/α,β-unsaturated/α-hetero) is 1. The Morgan fingerprint density at radius 1 is 1.23 bits per heavy atom. The fraction of sp³-hybridized carbons (Fsp3) is 0.579. The second-order valence-electron chi connectivity index (χ2n) is 8.18. The van der Waals surface area contributed by atoms with Gasteiger partial charge in [0.2, 0.25) is 0 Å². The number of carboxylic acid groups (broad SMARTS) is 1. The monoisotopic (exact) mass is 360 g/mol. The molecule has 1 aliphatic carbocycles. The number of piperidine rings is 1. The van der Waals surface area contributed by atoms with Crippen molar-refractivity contribution < 1.29 is 19.5 Å². The molecule has 1 saturated heterocycles. The summed E-state index contributed by atoms with van der Waals surface area (Å²) < 4.78 is 0. The summed E-state index contributed by atoms with van der Waals surface area (Å²) in [5, 5.41) is 8.87.